The molecule has 2 aromatic heterocycles. The fourth-order valence-corrected chi connectivity index (χ4v) is 2.42. The number of rotatable bonds is 5. The second-order valence-corrected chi connectivity index (χ2v) is 4.80. The van der Waals surface area contributed by atoms with Crippen molar-refractivity contribution in [3.63, 3.8) is 0 Å². The first-order chi connectivity index (χ1) is 8.72. The summed E-state index contributed by atoms with van der Waals surface area (Å²) >= 11 is 1.53. The molecule has 0 atom stereocenters. The lowest BCUT2D eigenvalue weighted by Crippen LogP contribution is -2.03. The minimum atomic E-state index is 0.00296. The van der Waals surface area contributed by atoms with E-state index in [1.54, 1.807) is 18.5 Å². The van der Waals surface area contributed by atoms with Gasteiger partial charge >= 0.3 is 0 Å². The lowest BCUT2D eigenvalue weighted by Gasteiger charge is -2.05. The number of aryl methyl sites for hydroxylation is 1. The number of carbonyl (C=O) groups excluding carboxylic acids is 1. The van der Waals surface area contributed by atoms with Crippen LogP contribution in [0.3, 0.4) is 0 Å². The largest absolute Gasteiger partial charge is 0.492 e. The van der Waals surface area contributed by atoms with Gasteiger partial charge < -0.3 is 4.74 Å². The van der Waals surface area contributed by atoms with Crippen LogP contribution in [0.1, 0.15) is 34.8 Å². The molecule has 94 valence electrons. The molecule has 0 spiro atoms. The SMILES string of the molecule is CCCOc1cncc(C(=O)c2cscc2C)c1. The summed E-state index contributed by atoms with van der Waals surface area (Å²) in [6.07, 6.45) is 4.15. The van der Waals surface area contributed by atoms with Crippen LogP contribution in [0.2, 0.25) is 0 Å². The Bertz CT molecular complexity index is 548. The second kappa shape index (κ2) is 5.78. The molecule has 3 nitrogen and oxygen atoms in total. The van der Waals surface area contributed by atoms with Crippen LogP contribution >= 0.6 is 11.3 Å². The zero-order valence-electron chi connectivity index (χ0n) is 10.5. The Kier molecular flexibility index (Phi) is 4.10. The van der Waals surface area contributed by atoms with Crippen molar-refractivity contribution in [1.82, 2.24) is 4.98 Å². The van der Waals surface area contributed by atoms with Gasteiger partial charge in [-0.1, -0.05) is 6.92 Å². The number of pyridine rings is 1. The van der Waals surface area contributed by atoms with E-state index in [9.17, 15) is 4.79 Å². The molecular weight excluding hydrogens is 246 g/mol. The molecule has 0 saturated heterocycles. The van der Waals surface area contributed by atoms with E-state index >= 15 is 0 Å². The molecule has 0 unspecified atom stereocenters. The molecule has 0 aliphatic heterocycles. The van der Waals surface area contributed by atoms with Crippen molar-refractivity contribution in [2.24, 2.45) is 0 Å². The summed E-state index contributed by atoms with van der Waals surface area (Å²) in [6.45, 7) is 4.61. The number of ketones is 1. The molecule has 0 fully saturated rings. The zero-order chi connectivity index (χ0) is 13.0. The number of thiophene rings is 1. The summed E-state index contributed by atoms with van der Waals surface area (Å²) in [5.74, 6) is 0.652. The van der Waals surface area contributed by atoms with Gasteiger partial charge in [-0.15, -0.1) is 0 Å². The van der Waals surface area contributed by atoms with Gasteiger partial charge in [0.05, 0.1) is 12.8 Å². The van der Waals surface area contributed by atoms with E-state index in [0.29, 0.717) is 17.9 Å². The minimum absolute atomic E-state index is 0.00296. The quantitative estimate of drug-likeness (QED) is 0.774. The van der Waals surface area contributed by atoms with Crippen LogP contribution in [0.15, 0.2) is 29.2 Å². The smallest absolute Gasteiger partial charge is 0.195 e. The van der Waals surface area contributed by atoms with E-state index in [4.69, 9.17) is 4.74 Å². The van der Waals surface area contributed by atoms with E-state index in [-0.39, 0.29) is 5.78 Å². The van der Waals surface area contributed by atoms with Gasteiger partial charge in [0.2, 0.25) is 0 Å². The van der Waals surface area contributed by atoms with Crippen LogP contribution < -0.4 is 4.74 Å². The standard InChI is InChI=1S/C14H15NO2S/c1-3-4-17-12-5-11(6-15-7-12)14(16)13-9-18-8-10(13)2/h5-9H,3-4H2,1-2H3. The van der Waals surface area contributed by atoms with E-state index < -0.39 is 0 Å². The van der Waals surface area contributed by atoms with Gasteiger partial charge in [0.1, 0.15) is 5.75 Å². The van der Waals surface area contributed by atoms with Crippen molar-refractivity contribution in [2.45, 2.75) is 20.3 Å². The van der Waals surface area contributed by atoms with Gasteiger partial charge in [-0.05, 0) is 30.4 Å². The Morgan fingerprint density at radius 2 is 2.22 bits per heavy atom. The molecule has 0 bridgehead atoms. The van der Waals surface area contributed by atoms with Crippen molar-refractivity contribution in [1.29, 1.82) is 0 Å². The van der Waals surface area contributed by atoms with Crippen LogP contribution in [-0.2, 0) is 0 Å². The maximum atomic E-state index is 12.3. The van der Waals surface area contributed by atoms with Gasteiger partial charge in [-0.25, -0.2) is 0 Å². The van der Waals surface area contributed by atoms with Crippen molar-refractivity contribution in [2.75, 3.05) is 6.61 Å². The molecule has 0 aromatic carbocycles. The molecular formula is C14H15NO2S. The lowest BCUT2D eigenvalue weighted by molar-refractivity contribution is 0.103. The van der Waals surface area contributed by atoms with E-state index in [0.717, 1.165) is 17.5 Å². The number of carbonyl (C=O) groups is 1. The molecule has 18 heavy (non-hydrogen) atoms. The van der Waals surface area contributed by atoms with Crippen LogP contribution in [0, 0.1) is 6.92 Å². The summed E-state index contributed by atoms with van der Waals surface area (Å²) in [5, 5.41) is 3.84. The topological polar surface area (TPSA) is 39.2 Å². The van der Waals surface area contributed by atoms with E-state index in [2.05, 4.69) is 4.98 Å². The molecule has 0 N–H and O–H groups in total. The Hall–Kier alpha value is -1.68. The number of hydrogen-bond donors (Lipinski definition) is 0. The number of nitrogens with zero attached hydrogens (tertiary/aromatic N) is 1. The summed E-state index contributed by atoms with van der Waals surface area (Å²) in [4.78, 5) is 16.3. The Morgan fingerprint density at radius 1 is 1.39 bits per heavy atom. The Morgan fingerprint density at radius 3 is 2.89 bits per heavy atom. The molecule has 2 heterocycles. The fourth-order valence-electron chi connectivity index (χ4n) is 1.59. The molecule has 0 radical (unpaired) electrons. The first kappa shape index (κ1) is 12.8. The van der Waals surface area contributed by atoms with Crippen LogP contribution in [-0.4, -0.2) is 17.4 Å². The number of aromatic nitrogens is 1. The summed E-state index contributed by atoms with van der Waals surface area (Å²) in [5.41, 5.74) is 2.32. The highest BCUT2D eigenvalue weighted by Crippen LogP contribution is 2.20. The lowest BCUT2D eigenvalue weighted by atomic mass is 10.1. The maximum Gasteiger partial charge on any atom is 0.195 e. The van der Waals surface area contributed by atoms with Crippen molar-refractivity contribution >= 4 is 17.1 Å². The normalized spacial score (nSPS) is 10.3. The second-order valence-electron chi connectivity index (χ2n) is 4.06. The summed E-state index contributed by atoms with van der Waals surface area (Å²) in [7, 11) is 0. The van der Waals surface area contributed by atoms with Gasteiger partial charge in [0.25, 0.3) is 0 Å². The number of hydrogen-bond acceptors (Lipinski definition) is 4. The van der Waals surface area contributed by atoms with Crippen LogP contribution in [0.4, 0.5) is 0 Å². The third kappa shape index (κ3) is 2.76. The van der Waals surface area contributed by atoms with Gasteiger partial charge in [-0.2, -0.15) is 11.3 Å². The minimum Gasteiger partial charge on any atom is -0.492 e. The van der Waals surface area contributed by atoms with Gasteiger partial charge in [0, 0.05) is 22.7 Å². The highest BCUT2D eigenvalue weighted by atomic mass is 32.1. The molecule has 2 aromatic rings. The summed E-state index contributed by atoms with van der Waals surface area (Å²) < 4.78 is 5.48. The van der Waals surface area contributed by atoms with Crippen molar-refractivity contribution in [3.05, 3.63) is 45.9 Å². The monoisotopic (exact) mass is 261 g/mol. The van der Waals surface area contributed by atoms with Crippen molar-refractivity contribution < 1.29 is 9.53 Å². The van der Waals surface area contributed by atoms with Crippen LogP contribution in [0.5, 0.6) is 5.75 Å². The first-order valence-corrected chi connectivity index (χ1v) is 6.82. The highest BCUT2D eigenvalue weighted by Gasteiger charge is 2.13. The third-order valence-electron chi connectivity index (χ3n) is 2.55. The van der Waals surface area contributed by atoms with Crippen LogP contribution in [0.25, 0.3) is 0 Å². The number of ether oxygens (including phenoxy) is 1. The van der Waals surface area contributed by atoms with Crippen molar-refractivity contribution in [3.8, 4) is 5.75 Å². The average Bonchev–Trinajstić information content (AvgIpc) is 2.82. The summed E-state index contributed by atoms with van der Waals surface area (Å²) in [6, 6.07) is 1.75. The third-order valence-corrected chi connectivity index (χ3v) is 3.41. The van der Waals surface area contributed by atoms with E-state index in [1.807, 2.05) is 24.6 Å². The van der Waals surface area contributed by atoms with Gasteiger partial charge in [0.15, 0.2) is 5.78 Å². The molecule has 0 amide bonds. The van der Waals surface area contributed by atoms with E-state index in [1.165, 1.54) is 11.3 Å². The van der Waals surface area contributed by atoms with Gasteiger partial charge in [-0.3, -0.25) is 9.78 Å². The fraction of sp³-hybridized carbons (Fsp3) is 0.286. The zero-order valence-corrected chi connectivity index (χ0v) is 11.3. The predicted octanol–water partition coefficient (Wildman–Crippen LogP) is 3.47. The Balaban J connectivity index is 2.23. The first-order valence-electron chi connectivity index (χ1n) is 5.87. The predicted molar refractivity (Wildman–Crippen MR) is 72.5 cm³/mol. The molecule has 2 rings (SSSR count). The molecule has 4 heteroatoms. The molecule has 0 saturated carbocycles. The average molecular weight is 261 g/mol. The Labute approximate surface area is 110 Å². The maximum absolute atomic E-state index is 12.3. The molecule has 0 aliphatic carbocycles. The highest BCUT2D eigenvalue weighted by molar-refractivity contribution is 7.08. The molecule has 0 aliphatic rings.